The van der Waals surface area contributed by atoms with Gasteiger partial charge in [-0.1, -0.05) is 6.07 Å². The van der Waals surface area contributed by atoms with E-state index in [1.807, 2.05) is 13.1 Å². The van der Waals surface area contributed by atoms with Crippen molar-refractivity contribution < 1.29 is 9.13 Å². The van der Waals surface area contributed by atoms with Gasteiger partial charge in [-0.2, -0.15) is 0 Å². The Morgan fingerprint density at radius 3 is 2.57 bits per heavy atom. The summed E-state index contributed by atoms with van der Waals surface area (Å²) in [5.41, 5.74) is 1.16. The second-order valence-electron chi connectivity index (χ2n) is 8.84. The van der Waals surface area contributed by atoms with Gasteiger partial charge in [0.2, 0.25) is 0 Å². The van der Waals surface area contributed by atoms with Gasteiger partial charge in [-0.3, -0.25) is 9.89 Å². The number of hydrogen-bond acceptors (Lipinski definition) is 4. The number of rotatable bonds is 5. The van der Waals surface area contributed by atoms with Gasteiger partial charge >= 0.3 is 0 Å². The summed E-state index contributed by atoms with van der Waals surface area (Å²) >= 11 is 0. The number of guanidine groups is 1. The van der Waals surface area contributed by atoms with Crippen LogP contribution in [0, 0.1) is 5.82 Å². The maximum Gasteiger partial charge on any atom is 0.191 e. The molecule has 0 unspecified atom stereocenters. The van der Waals surface area contributed by atoms with E-state index in [0.29, 0.717) is 6.04 Å². The van der Waals surface area contributed by atoms with Crippen LogP contribution >= 0.6 is 0 Å². The van der Waals surface area contributed by atoms with Crippen LogP contribution in [0.4, 0.5) is 10.1 Å². The molecule has 30 heavy (non-hydrogen) atoms. The lowest BCUT2D eigenvalue weighted by Gasteiger charge is -2.45. The molecule has 166 valence electrons. The summed E-state index contributed by atoms with van der Waals surface area (Å²) in [5.74, 6) is 0.724. The fourth-order valence-electron chi connectivity index (χ4n) is 5.14. The molecule has 0 amide bonds. The Labute approximate surface area is 179 Å². The van der Waals surface area contributed by atoms with Crippen molar-refractivity contribution in [3.8, 4) is 0 Å². The molecular formula is C23H36FN5O. The fraction of sp³-hybridized carbons (Fsp3) is 0.696. The number of anilines is 1. The third kappa shape index (κ3) is 5.06. The van der Waals surface area contributed by atoms with E-state index in [2.05, 4.69) is 25.4 Å². The van der Waals surface area contributed by atoms with Crippen molar-refractivity contribution in [3.05, 3.63) is 30.1 Å². The van der Waals surface area contributed by atoms with Crippen molar-refractivity contribution >= 4 is 11.6 Å². The molecule has 1 aromatic carbocycles. The number of ether oxygens (including phenoxy) is 1. The van der Waals surface area contributed by atoms with Crippen molar-refractivity contribution in [2.24, 2.45) is 4.99 Å². The molecule has 3 aliphatic rings. The van der Waals surface area contributed by atoms with E-state index in [9.17, 15) is 4.39 Å². The molecule has 3 saturated heterocycles. The summed E-state index contributed by atoms with van der Waals surface area (Å²) in [6.45, 7) is 6.86. The topological polar surface area (TPSA) is 52.1 Å². The van der Waals surface area contributed by atoms with Gasteiger partial charge < -0.3 is 20.3 Å². The molecule has 0 saturated carbocycles. The Kier molecular flexibility index (Phi) is 7.10. The standard InChI is InChI=1S/C23H36FN5O/c1-25-22(26-18-23(9-15-30-16-10-23)29-11-2-3-12-29)27-20-7-13-28(14-8-20)21-6-4-5-19(24)17-21/h4-6,17,20H,2-3,7-16,18H2,1H3,(H2,25,26,27). The molecule has 0 radical (unpaired) electrons. The first-order valence-corrected chi connectivity index (χ1v) is 11.5. The van der Waals surface area contributed by atoms with Crippen LogP contribution in [0.3, 0.4) is 0 Å². The molecule has 2 N–H and O–H groups in total. The predicted molar refractivity (Wildman–Crippen MR) is 120 cm³/mol. The van der Waals surface area contributed by atoms with E-state index in [-0.39, 0.29) is 11.4 Å². The third-order valence-corrected chi connectivity index (χ3v) is 7.02. The van der Waals surface area contributed by atoms with Crippen molar-refractivity contribution in [2.45, 2.75) is 50.1 Å². The van der Waals surface area contributed by atoms with Crippen LogP contribution in [0.2, 0.25) is 0 Å². The SMILES string of the molecule is CN=C(NCC1(N2CCCC2)CCOCC1)NC1CCN(c2cccc(F)c2)CC1. The molecule has 0 atom stereocenters. The van der Waals surface area contributed by atoms with Crippen LogP contribution < -0.4 is 15.5 Å². The summed E-state index contributed by atoms with van der Waals surface area (Å²) < 4.78 is 19.2. The van der Waals surface area contributed by atoms with Gasteiger partial charge in [0.15, 0.2) is 5.96 Å². The Bertz CT molecular complexity index is 707. The summed E-state index contributed by atoms with van der Waals surface area (Å²) in [5, 5.41) is 7.26. The highest BCUT2D eigenvalue weighted by Gasteiger charge is 2.39. The average molecular weight is 418 g/mol. The Morgan fingerprint density at radius 1 is 1.17 bits per heavy atom. The highest BCUT2D eigenvalue weighted by atomic mass is 19.1. The number of benzene rings is 1. The monoisotopic (exact) mass is 417 g/mol. The fourth-order valence-corrected chi connectivity index (χ4v) is 5.14. The van der Waals surface area contributed by atoms with Crippen LogP contribution in [-0.2, 0) is 4.74 Å². The minimum atomic E-state index is -0.169. The van der Waals surface area contributed by atoms with Crippen LogP contribution in [0.15, 0.2) is 29.3 Å². The highest BCUT2D eigenvalue weighted by molar-refractivity contribution is 5.80. The van der Waals surface area contributed by atoms with Gasteiger partial charge in [-0.15, -0.1) is 0 Å². The van der Waals surface area contributed by atoms with Crippen molar-refractivity contribution in [1.29, 1.82) is 0 Å². The molecule has 3 aliphatic heterocycles. The minimum Gasteiger partial charge on any atom is -0.381 e. The van der Waals surface area contributed by atoms with Gasteiger partial charge in [-0.05, 0) is 69.8 Å². The smallest absolute Gasteiger partial charge is 0.191 e. The molecule has 3 heterocycles. The molecular weight excluding hydrogens is 381 g/mol. The Balaban J connectivity index is 1.28. The Morgan fingerprint density at radius 2 is 1.90 bits per heavy atom. The van der Waals surface area contributed by atoms with Crippen molar-refractivity contribution in [1.82, 2.24) is 15.5 Å². The number of piperidine rings is 1. The van der Waals surface area contributed by atoms with Gasteiger partial charge in [-0.25, -0.2) is 4.39 Å². The second kappa shape index (κ2) is 9.96. The molecule has 1 aromatic rings. The van der Waals surface area contributed by atoms with E-state index >= 15 is 0 Å². The molecule has 0 spiro atoms. The maximum absolute atomic E-state index is 13.5. The summed E-state index contributed by atoms with van der Waals surface area (Å²) in [6, 6.07) is 7.29. The normalized spacial score (nSPS) is 23.5. The van der Waals surface area contributed by atoms with Crippen LogP contribution in [-0.4, -0.2) is 75.4 Å². The molecule has 3 fully saturated rings. The lowest BCUT2D eigenvalue weighted by Crippen LogP contribution is -2.59. The first-order valence-electron chi connectivity index (χ1n) is 11.5. The average Bonchev–Trinajstić information content (AvgIpc) is 3.33. The van der Waals surface area contributed by atoms with Crippen LogP contribution in [0.1, 0.15) is 38.5 Å². The van der Waals surface area contributed by atoms with Crippen molar-refractivity contribution in [3.63, 3.8) is 0 Å². The maximum atomic E-state index is 13.5. The molecule has 0 bridgehead atoms. The predicted octanol–water partition coefficient (Wildman–Crippen LogP) is 2.60. The number of aliphatic imine (C=N–C) groups is 1. The molecule has 4 rings (SSSR count). The Hall–Kier alpha value is -1.86. The molecule has 7 heteroatoms. The highest BCUT2D eigenvalue weighted by Crippen LogP contribution is 2.30. The third-order valence-electron chi connectivity index (χ3n) is 7.02. The summed E-state index contributed by atoms with van der Waals surface area (Å²) in [6.07, 6.45) is 6.82. The van der Waals surface area contributed by atoms with Gasteiger partial charge in [0, 0.05) is 57.2 Å². The first kappa shape index (κ1) is 21.4. The van der Waals surface area contributed by atoms with E-state index < -0.39 is 0 Å². The van der Waals surface area contributed by atoms with Gasteiger partial charge in [0.25, 0.3) is 0 Å². The first-order chi connectivity index (χ1) is 14.7. The van der Waals surface area contributed by atoms with Crippen molar-refractivity contribution in [2.75, 3.05) is 57.9 Å². The largest absolute Gasteiger partial charge is 0.381 e. The lowest BCUT2D eigenvalue weighted by molar-refractivity contribution is -0.0164. The molecule has 6 nitrogen and oxygen atoms in total. The van der Waals surface area contributed by atoms with Gasteiger partial charge in [0.1, 0.15) is 5.82 Å². The summed E-state index contributed by atoms with van der Waals surface area (Å²) in [7, 11) is 1.85. The number of likely N-dealkylation sites (tertiary alicyclic amines) is 1. The van der Waals surface area contributed by atoms with E-state index in [4.69, 9.17) is 4.74 Å². The summed E-state index contributed by atoms with van der Waals surface area (Å²) in [4.78, 5) is 9.43. The number of halogens is 1. The quantitative estimate of drug-likeness (QED) is 0.570. The number of hydrogen-bond donors (Lipinski definition) is 2. The number of nitrogens with one attached hydrogen (secondary N) is 2. The second-order valence-corrected chi connectivity index (χ2v) is 8.84. The molecule has 0 aliphatic carbocycles. The zero-order valence-corrected chi connectivity index (χ0v) is 18.2. The zero-order valence-electron chi connectivity index (χ0n) is 18.2. The van der Waals surface area contributed by atoms with Crippen LogP contribution in [0.25, 0.3) is 0 Å². The minimum absolute atomic E-state index is 0.169. The number of nitrogens with zero attached hydrogens (tertiary/aromatic N) is 3. The molecule has 0 aromatic heterocycles. The van der Waals surface area contributed by atoms with Gasteiger partial charge in [0.05, 0.1) is 0 Å². The van der Waals surface area contributed by atoms with E-state index in [0.717, 1.165) is 70.2 Å². The van der Waals surface area contributed by atoms with E-state index in [1.165, 1.54) is 32.0 Å². The lowest BCUT2D eigenvalue weighted by atomic mass is 9.88. The van der Waals surface area contributed by atoms with Crippen LogP contribution in [0.5, 0.6) is 0 Å². The van der Waals surface area contributed by atoms with E-state index in [1.54, 1.807) is 12.1 Å². The zero-order chi connectivity index (χ0) is 20.8.